The van der Waals surface area contributed by atoms with Gasteiger partial charge in [-0.3, -0.25) is 9.59 Å². The molecule has 2 amide bonds. The Hall–Kier alpha value is -0.710. The first kappa shape index (κ1) is 13.3. The smallest absolute Gasteiger partial charge is 0.231 e. The molecular weight excluding hydrogens is 200 g/mol. The molecule has 0 spiro atoms. The molecule has 0 unspecified atom stereocenters. The van der Waals surface area contributed by atoms with Crippen molar-refractivity contribution >= 4 is 24.4 Å². The van der Waals surface area contributed by atoms with Gasteiger partial charge in [0.15, 0.2) is 0 Å². The predicted molar refractivity (Wildman–Crippen MR) is 59.4 cm³/mol. The highest BCUT2D eigenvalue weighted by atomic mass is 32.1. The summed E-state index contributed by atoms with van der Waals surface area (Å²) in [6.45, 7) is 5.60. The van der Waals surface area contributed by atoms with Crippen LogP contribution in [0.4, 0.5) is 0 Å². The predicted octanol–water partition coefficient (Wildman–Crippen LogP) is 0.291. The third kappa shape index (κ3) is 5.11. The fourth-order valence-electron chi connectivity index (χ4n) is 1.08. The van der Waals surface area contributed by atoms with E-state index in [1.807, 2.05) is 13.8 Å². The second kappa shape index (κ2) is 7.67. The molecular formula is C9H18N2O2S. The molecule has 0 saturated heterocycles. The van der Waals surface area contributed by atoms with Crippen molar-refractivity contribution in [3.05, 3.63) is 0 Å². The number of nitrogens with one attached hydrogen (secondary N) is 1. The Bertz CT molecular complexity index is 193. The van der Waals surface area contributed by atoms with Crippen LogP contribution in [-0.2, 0) is 9.59 Å². The van der Waals surface area contributed by atoms with Gasteiger partial charge in [-0.05, 0) is 13.8 Å². The third-order valence-corrected chi connectivity index (χ3v) is 2.09. The van der Waals surface area contributed by atoms with Gasteiger partial charge >= 0.3 is 0 Å². The number of carbonyl (C=O) groups excluding carboxylic acids is 2. The lowest BCUT2D eigenvalue weighted by atomic mass is 10.3. The van der Waals surface area contributed by atoms with Gasteiger partial charge in [-0.25, -0.2) is 0 Å². The van der Waals surface area contributed by atoms with Crippen LogP contribution in [0.2, 0.25) is 0 Å². The van der Waals surface area contributed by atoms with E-state index in [4.69, 9.17) is 0 Å². The van der Waals surface area contributed by atoms with Crippen LogP contribution >= 0.6 is 12.6 Å². The van der Waals surface area contributed by atoms with Gasteiger partial charge in [-0.15, -0.1) is 0 Å². The monoisotopic (exact) mass is 218 g/mol. The largest absolute Gasteiger partial charge is 0.355 e. The van der Waals surface area contributed by atoms with Crippen LogP contribution in [0.25, 0.3) is 0 Å². The highest BCUT2D eigenvalue weighted by Gasteiger charge is 2.13. The maximum atomic E-state index is 11.4. The van der Waals surface area contributed by atoms with Crippen LogP contribution < -0.4 is 5.32 Å². The lowest BCUT2D eigenvalue weighted by Crippen LogP contribution is -2.36. The summed E-state index contributed by atoms with van der Waals surface area (Å²) in [6, 6.07) is 0. The molecule has 82 valence electrons. The average molecular weight is 218 g/mol. The van der Waals surface area contributed by atoms with Gasteiger partial charge in [-0.2, -0.15) is 12.6 Å². The molecule has 0 aliphatic heterocycles. The van der Waals surface area contributed by atoms with Gasteiger partial charge in [0.25, 0.3) is 0 Å². The van der Waals surface area contributed by atoms with Crippen molar-refractivity contribution in [3.8, 4) is 0 Å². The van der Waals surface area contributed by atoms with Crippen molar-refractivity contribution in [2.75, 3.05) is 25.4 Å². The van der Waals surface area contributed by atoms with Gasteiger partial charge in [0.05, 0.1) is 0 Å². The van der Waals surface area contributed by atoms with E-state index in [2.05, 4.69) is 17.9 Å². The molecule has 5 heteroatoms. The number of rotatable bonds is 6. The molecule has 0 fully saturated rings. The molecule has 4 nitrogen and oxygen atoms in total. The summed E-state index contributed by atoms with van der Waals surface area (Å²) < 4.78 is 0. The highest BCUT2D eigenvalue weighted by Crippen LogP contribution is 1.93. The molecule has 0 aliphatic rings. The van der Waals surface area contributed by atoms with Crippen molar-refractivity contribution < 1.29 is 9.59 Å². The molecule has 0 atom stereocenters. The van der Waals surface area contributed by atoms with E-state index in [-0.39, 0.29) is 18.2 Å². The summed E-state index contributed by atoms with van der Waals surface area (Å²) in [5, 5.41) is 2.60. The SMILES string of the molecule is CCN(CC)C(=O)CC(=O)NCCS. The molecule has 0 bridgehead atoms. The van der Waals surface area contributed by atoms with Gasteiger partial charge in [0, 0.05) is 25.4 Å². The normalized spacial score (nSPS) is 9.64. The Morgan fingerprint density at radius 3 is 2.29 bits per heavy atom. The van der Waals surface area contributed by atoms with Crippen LogP contribution in [0.15, 0.2) is 0 Å². The van der Waals surface area contributed by atoms with Crippen LogP contribution in [0.5, 0.6) is 0 Å². The Morgan fingerprint density at radius 1 is 1.29 bits per heavy atom. The van der Waals surface area contributed by atoms with Crippen molar-refractivity contribution in [1.82, 2.24) is 10.2 Å². The summed E-state index contributed by atoms with van der Waals surface area (Å²) in [4.78, 5) is 24.2. The molecule has 0 rings (SSSR count). The first-order valence-corrected chi connectivity index (χ1v) is 5.44. The summed E-state index contributed by atoms with van der Waals surface area (Å²) >= 11 is 3.95. The lowest BCUT2D eigenvalue weighted by Gasteiger charge is -2.17. The molecule has 14 heavy (non-hydrogen) atoms. The van der Waals surface area contributed by atoms with E-state index < -0.39 is 0 Å². The number of hydrogen-bond donors (Lipinski definition) is 2. The van der Waals surface area contributed by atoms with Crippen molar-refractivity contribution in [2.45, 2.75) is 20.3 Å². The minimum Gasteiger partial charge on any atom is -0.355 e. The number of carbonyl (C=O) groups is 2. The number of hydrogen-bond acceptors (Lipinski definition) is 3. The molecule has 0 aromatic carbocycles. The molecule has 0 aliphatic carbocycles. The van der Waals surface area contributed by atoms with Crippen LogP contribution in [0.1, 0.15) is 20.3 Å². The Labute approximate surface area is 90.4 Å². The Balaban J connectivity index is 3.86. The van der Waals surface area contributed by atoms with E-state index >= 15 is 0 Å². The van der Waals surface area contributed by atoms with Crippen molar-refractivity contribution in [3.63, 3.8) is 0 Å². The zero-order valence-corrected chi connectivity index (χ0v) is 9.64. The maximum absolute atomic E-state index is 11.4. The molecule has 1 N–H and O–H groups in total. The highest BCUT2D eigenvalue weighted by molar-refractivity contribution is 7.80. The Kier molecular flexibility index (Phi) is 7.28. The summed E-state index contributed by atoms with van der Waals surface area (Å²) in [5.74, 6) is 0.244. The molecule has 0 radical (unpaired) electrons. The van der Waals surface area contributed by atoms with E-state index in [0.29, 0.717) is 25.4 Å². The van der Waals surface area contributed by atoms with Crippen molar-refractivity contribution in [2.24, 2.45) is 0 Å². The van der Waals surface area contributed by atoms with E-state index in [1.165, 1.54) is 0 Å². The van der Waals surface area contributed by atoms with Crippen molar-refractivity contribution in [1.29, 1.82) is 0 Å². The fourth-order valence-corrected chi connectivity index (χ4v) is 1.20. The zero-order valence-electron chi connectivity index (χ0n) is 8.75. The topological polar surface area (TPSA) is 49.4 Å². The van der Waals surface area contributed by atoms with Gasteiger partial charge < -0.3 is 10.2 Å². The van der Waals surface area contributed by atoms with Gasteiger partial charge in [0.2, 0.25) is 11.8 Å². The molecule has 0 heterocycles. The fraction of sp³-hybridized carbons (Fsp3) is 0.778. The van der Waals surface area contributed by atoms with Gasteiger partial charge in [-0.1, -0.05) is 0 Å². The van der Waals surface area contributed by atoms with Crippen LogP contribution in [0, 0.1) is 0 Å². The van der Waals surface area contributed by atoms with E-state index in [9.17, 15) is 9.59 Å². The molecule has 0 aromatic heterocycles. The van der Waals surface area contributed by atoms with Crippen LogP contribution in [-0.4, -0.2) is 42.1 Å². The molecule has 0 aromatic rings. The van der Waals surface area contributed by atoms with E-state index in [0.717, 1.165) is 0 Å². The summed E-state index contributed by atoms with van der Waals surface area (Å²) in [7, 11) is 0. The number of thiol groups is 1. The molecule has 0 saturated carbocycles. The van der Waals surface area contributed by atoms with E-state index in [1.54, 1.807) is 4.90 Å². The lowest BCUT2D eigenvalue weighted by molar-refractivity contribution is -0.135. The zero-order chi connectivity index (χ0) is 11.0. The van der Waals surface area contributed by atoms with Gasteiger partial charge in [0.1, 0.15) is 6.42 Å². The summed E-state index contributed by atoms with van der Waals surface area (Å²) in [6.07, 6.45) is -0.0601. The number of nitrogens with zero attached hydrogens (tertiary/aromatic N) is 1. The first-order chi connectivity index (χ1) is 6.65. The third-order valence-electron chi connectivity index (χ3n) is 1.86. The maximum Gasteiger partial charge on any atom is 0.231 e. The second-order valence-electron chi connectivity index (χ2n) is 2.82. The second-order valence-corrected chi connectivity index (χ2v) is 3.26. The minimum absolute atomic E-state index is 0.0601. The number of amides is 2. The Morgan fingerprint density at radius 2 is 1.86 bits per heavy atom. The quantitative estimate of drug-likeness (QED) is 0.497. The minimum atomic E-state index is -0.226. The van der Waals surface area contributed by atoms with Crippen LogP contribution in [0.3, 0.4) is 0 Å². The first-order valence-electron chi connectivity index (χ1n) is 4.81. The standard InChI is InChI=1S/C9H18N2O2S/c1-3-11(4-2)9(13)7-8(12)10-5-6-14/h14H,3-7H2,1-2H3,(H,10,12). The summed E-state index contributed by atoms with van der Waals surface area (Å²) in [5.41, 5.74) is 0. The average Bonchev–Trinajstić information content (AvgIpc) is 2.16.